The molecule has 2 aromatic heterocycles. The molecule has 2 heterocycles. The molecule has 0 saturated heterocycles. The van der Waals surface area contributed by atoms with Crippen LogP contribution in [-0.2, 0) is 0 Å². The summed E-state index contributed by atoms with van der Waals surface area (Å²) in [5.74, 6) is 0. The van der Waals surface area contributed by atoms with E-state index in [1.54, 1.807) is 0 Å². The Labute approximate surface area is 113 Å². The Kier molecular flexibility index (Phi) is 2.76. The van der Waals surface area contributed by atoms with Gasteiger partial charge in [-0.25, -0.2) is 0 Å². The molecule has 0 N–H and O–H groups in total. The molecular formula is C14H11N2O2S+. The highest BCUT2D eigenvalue weighted by molar-refractivity contribution is 7.22. The second-order valence-corrected chi connectivity index (χ2v) is 5.25. The number of aromatic nitrogens is 1. The van der Waals surface area contributed by atoms with Gasteiger partial charge in [0.15, 0.2) is 11.9 Å². The Balaban J connectivity index is 2.42. The Morgan fingerprint density at radius 2 is 1.89 bits per heavy atom. The van der Waals surface area contributed by atoms with Gasteiger partial charge in [-0.2, -0.15) is 4.57 Å². The molecule has 5 heteroatoms. The molecule has 0 fully saturated rings. The third kappa shape index (κ3) is 1.88. The van der Waals surface area contributed by atoms with Crippen LogP contribution >= 0.6 is 11.3 Å². The predicted molar refractivity (Wildman–Crippen MR) is 74.7 cm³/mol. The molecule has 0 spiro atoms. The van der Waals surface area contributed by atoms with Crippen LogP contribution in [-0.4, -0.2) is 4.92 Å². The van der Waals surface area contributed by atoms with E-state index < -0.39 is 0 Å². The highest BCUT2D eigenvalue weighted by Crippen LogP contribution is 2.37. The van der Waals surface area contributed by atoms with Crippen LogP contribution in [0.5, 0.6) is 0 Å². The number of hydrogen-bond donors (Lipinski definition) is 0. The quantitative estimate of drug-likeness (QED) is 0.407. The van der Waals surface area contributed by atoms with Crippen LogP contribution in [0.3, 0.4) is 0 Å². The molecular weight excluding hydrogens is 260 g/mol. The van der Waals surface area contributed by atoms with Crippen molar-refractivity contribution in [2.24, 2.45) is 0 Å². The summed E-state index contributed by atoms with van der Waals surface area (Å²) in [4.78, 5) is 11.0. The first-order chi connectivity index (χ1) is 9.18. The lowest BCUT2D eigenvalue weighted by Crippen LogP contribution is -2.33. The molecule has 0 bridgehead atoms. The van der Waals surface area contributed by atoms with Crippen molar-refractivity contribution in [2.75, 3.05) is 0 Å². The monoisotopic (exact) mass is 271 g/mol. The second-order valence-electron chi connectivity index (χ2n) is 4.22. The van der Waals surface area contributed by atoms with Gasteiger partial charge in [-0.1, -0.05) is 29.5 Å². The van der Waals surface area contributed by atoms with Gasteiger partial charge in [-0.05, 0) is 12.1 Å². The maximum atomic E-state index is 11.3. The molecule has 0 aliphatic rings. The predicted octanol–water partition coefficient (Wildman–Crippen LogP) is 3.39. The molecule has 0 saturated carbocycles. The van der Waals surface area contributed by atoms with E-state index in [2.05, 4.69) is 0 Å². The van der Waals surface area contributed by atoms with Crippen molar-refractivity contribution in [1.29, 1.82) is 0 Å². The normalized spacial score (nSPS) is 10.8. The average molecular weight is 271 g/mol. The van der Waals surface area contributed by atoms with E-state index in [-0.39, 0.29) is 9.92 Å². The highest BCUT2D eigenvalue weighted by atomic mass is 32.1. The molecule has 19 heavy (non-hydrogen) atoms. The van der Waals surface area contributed by atoms with E-state index >= 15 is 0 Å². The molecule has 0 aliphatic heterocycles. The first-order valence-corrected chi connectivity index (χ1v) is 6.63. The van der Waals surface area contributed by atoms with Gasteiger partial charge < -0.3 is 0 Å². The minimum absolute atomic E-state index is 0.181. The molecule has 3 rings (SSSR count). The molecule has 0 amide bonds. The van der Waals surface area contributed by atoms with Crippen molar-refractivity contribution < 1.29 is 9.49 Å². The standard InChI is InChI=1S/C14H11N2O2S/c1-10-6-4-5-9-15(10)13-11-7-2-3-8-12(11)19-14(13)16(17)18/h2-9H,1H3/q+1. The van der Waals surface area contributed by atoms with Crippen LogP contribution in [0.2, 0.25) is 0 Å². The Morgan fingerprint density at radius 3 is 2.63 bits per heavy atom. The third-order valence-electron chi connectivity index (χ3n) is 3.02. The summed E-state index contributed by atoms with van der Waals surface area (Å²) < 4.78 is 2.80. The maximum Gasteiger partial charge on any atom is 0.396 e. The number of benzene rings is 1. The zero-order valence-electron chi connectivity index (χ0n) is 10.2. The summed E-state index contributed by atoms with van der Waals surface area (Å²) >= 11 is 1.22. The zero-order valence-corrected chi connectivity index (χ0v) is 11.1. The SMILES string of the molecule is Cc1cccc[n+]1-c1c([N+](=O)[O-])sc2ccccc12. The lowest BCUT2D eigenvalue weighted by molar-refractivity contribution is -0.605. The summed E-state index contributed by atoms with van der Waals surface area (Å²) in [6, 6.07) is 13.4. The number of thiophene rings is 1. The van der Waals surface area contributed by atoms with Crippen LogP contribution in [0.25, 0.3) is 15.8 Å². The van der Waals surface area contributed by atoms with Crippen molar-refractivity contribution in [1.82, 2.24) is 0 Å². The van der Waals surface area contributed by atoms with Crippen LogP contribution in [0.1, 0.15) is 5.69 Å². The first kappa shape index (κ1) is 11.8. The first-order valence-electron chi connectivity index (χ1n) is 5.82. The van der Waals surface area contributed by atoms with Crippen LogP contribution in [0.15, 0.2) is 48.7 Å². The number of aryl methyl sites for hydroxylation is 1. The lowest BCUT2D eigenvalue weighted by Gasteiger charge is -1.97. The van der Waals surface area contributed by atoms with Gasteiger partial charge in [-0.15, -0.1) is 0 Å². The number of hydrogen-bond acceptors (Lipinski definition) is 3. The van der Waals surface area contributed by atoms with Crippen LogP contribution in [0.4, 0.5) is 5.00 Å². The van der Waals surface area contributed by atoms with Crippen molar-refractivity contribution in [3.8, 4) is 5.69 Å². The van der Waals surface area contributed by atoms with Crippen molar-refractivity contribution in [2.45, 2.75) is 6.92 Å². The highest BCUT2D eigenvalue weighted by Gasteiger charge is 2.30. The van der Waals surface area contributed by atoms with Crippen LogP contribution in [0, 0.1) is 17.0 Å². The number of rotatable bonds is 2. The van der Waals surface area contributed by atoms with E-state index in [4.69, 9.17) is 0 Å². The lowest BCUT2D eigenvalue weighted by atomic mass is 10.2. The number of nitrogens with zero attached hydrogens (tertiary/aromatic N) is 2. The number of fused-ring (bicyclic) bond motifs is 1. The van der Waals surface area contributed by atoms with Crippen molar-refractivity contribution in [3.05, 3.63) is 64.5 Å². The molecule has 0 atom stereocenters. The number of nitro groups is 1. The van der Waals surface area contributed by atoms with Gasteiger partial charge in [-0.3, -0.25) is 10.1 Å². The summed E-state index contributed by atoms with van der Waals surface area (Å²) in [7, 11) is 0. The Hall–Kier alpha value is -2.27. The molecule has 0 aliphatic carbocycles. The molecule has 0 radical (unpaired) electrons. The minimum atomic E-state index is -0.306. The van der Waals surface area contributed by atoms with E-state index in [9.17, 15) is 10.1 Å². The van der Waals surface area contributed by atoms with E-state index in [0.717, 1.165) is 15.8 Å². The average Bonchev–Trinajstić information content (AvgIpc) is 2.79. The number of pyridine rings is 1. The van der Waals surface area contributed by atoms with Crippen molar-refractivity contribution in [3.63, 3.8) is 0 Å². The van der Waals surface area contributed by atoms with Gasteiger partial charge in [0, 0.05) is 23.8 Å². The summed E-state index contributed by atoms with van der Waals surface area (Å²) in [5, 5.41) is 12.4. The van der Waals surface area contributed by atoms with Gasteiger partial charge in [0.2, 0.25) is 0 Å². The topological polar surface area (TPSA) is 47.0 Å². The van der Waals surface area contributed by atoms with Gasteiger partial charge in [0.25, 0.3) is 0 Å². The Bertz CT molecular complexity index is 780. The Morgan fingerprint density at radius 1 is 1.16 bits per heavy atom. The third-order valence-corrected chi connectivity index (χ3v) is 4.13. The molecule has 1 aromatic carbocycles. The van der Waals surface area contributed by atoms with Gasteiger partial charge in [0.05, 0.1) is 10.3 Å². The van der Waals surface area contributed by atoms with E-state index in [1.807, 2.05) is 60.2 Å². The second kappa shape index (κ2) is 4.44. The van der Waals surface area contributed by atoms with Crippen LogP contribution < -0.4 is 4.57 Å². The largest absolute Gasteiger partial charge is 0.396 e. The summed E-state index contributed by atoms with van der Waals surface area (Å²) in [5.41, 5.74) is 1.62. The molecule has 0 unspecified atom stereocenters. The van der Waals surface area contributed by atoms with Gasteiger partial charge in [0.1, 0.15) is 0 Å². The minimum Gasteiger partial charge on any atom is -0.257 e. The maximum absolute atomic E-state index is 11.3. The van der Waals surface area contributed by atoms with Crippen molar-refractivity contribution >= 4 is 26.4 Å². The zero-order chi connectivity index (χ0) is 13.4. The van der Waals surface area contributed by atoms with E-state index in [0.29, 0.717) is 5.69 Å². The fourth-order valence-electron chi connectivity index (χ4n) is 2.15. The fourth-order valence-corrected chi connectivity index (χ4v) is 3.16. The molecule has 3 aromatic rings. The summed E-state index contributed by atoms with van der Waals surface area (Å²) in [6.45, 7) is 1.94. The molecule has 94 valence electrons. The molecule has 4 nitrogen and oxygen atoms in total. The smallest absolute Gasteiger partial charge is 0.257 e. The van der Waals surface area contributed by atoms with E-state index in [1.165, 1.54) is 11.3 Å². The fraction of sp³-hybridized carbons (Fsp3) is 0.0714. The van der Waals surface area contributed by atoms with Gasteiger partial charge >= 0.3 is 10.7 Å². The summed E-state index contributed by atoms with van der Waals surface area (Å²) in [6.07, 6.45) is 1.86.